The van der Waals surface area contributed by atoms with E-state index in [0.29, 0.717) is 5.56 Å². The van der Waals surface area contributed by atoms with Crippen molar-refractivity contribution in [3.8, 4) is 6.07 Å². The summed E-state index contributed by atoms with van der Waals surface area (Å²) in [4.78, 5) is 35.8. The van der Waals surface area contributed by atoms with Crippen molar-refractivity contribution in [1.29, 1.82) is 5.26 Å². The van der Waals surface area contributed by atoms with Crippen LogP contribution in [0.4, 0.5) is 10.1 Å². The number of ketones is 2. The molecule has 1 aromatic carbocycles. The molecular formula is C17H13FN2O4. The molecule has 0 radical (unpaired) electrons. The number of nitriles is 1. The third-order valence-electron chi connectivity index (χ3n) is 3.30. The summed E-state index contributed by atoms with van der Waals surface area (Å²) < 4.78 is 18.7. The number of anilines is 1. The molecule has 24 heavy (non-hydrogen) atoms. The summed E-state index contributed by atoms with van der Waals surface area (Å²) in [6.45, 7) is 2.80. The molecule has 1 heterocycles. The number of Topliss-reactive ketones (excluding diaryl/α,β-unsaturated/α-hetero) is 2. The summed E-state index contributed by atoms with van der Waals surface area (Å²) in [6.07, 6.45) is 1.29. The standard InChI is InChI=1S/C17H13FN2O4/c1-9-5-6-24-17(9)16(23)12(8-19)15(22)11-3-4-13(18)14(7-11)20-10(2)21/h3-7,12H,1-2H3,(H,20,21)/t12-/m1/s1. The topological polar surface area (TPSA) is 100 Å². The van der Waals surface area contributed by atoms with Crippen LogP contribution in [-0.4, -0.2) is 17.5 Å². The molecule has 2 aromatic rings. The monoisotopic (exact) mass is 328 g/mol. The van der Waals surface area contributed by atoms with Crippen LogP contribution in [0.1, 0.15) is 33.4 Å². The van der Waals surface area contributed by atoms with Gasteiger partial charge in [0.15, 0.2) is 17.5 Å². The predicted octanol–water partition coefficient (Wildman–Crippen LogP) is 2.89. The first kappa shape index (κ1) is 17.1. The quantitative estimate of drug-likeness (QED) is 0.672. The van der Waals surface area contributed by atoms with Crippen molar-refractivity contribution in [1.82, 2.24) is 0 Å². The van der Waals surface area contributed by atoms with E-state index in [9.17, 15) is 24.0 Å². The minimum Gasteiger partial charge on any atom is -0.461 e. The molecule has 6 nitrogen and oxygen atoms in total. The van der Waals surface area contributed by atoms with Crippen LogP contribution in [-0.2, 0) is 4.79 Å². The first-order valence-corrected chi connectivity index (χ1v) is 6.94. The summed E-state index contributed by atoms with van der Waals surface area (Å²) in [5.41, 5.74) is 0.238. The van der Waals surface area contributed by atoms with E-state index in [1.165, 1.54) is 13.2 Å². The van der Waals surface area contributed by atoms with Crippen molar-refractivity contribution in [2.45, 2.75) is 13.8 Å². The number of benzene rings is 1. The van der Waals surface area contributed by atoms with Gasteiger partial charge in [0, 0.05) is 12.5 Å². The average Bonchev–Trinajstić information content (AvgIpc) is 2.95. The lowest BCUT2D eigenvalue weighted by molar-refractivity contribution is -0.114. The maximum absolute atomic E-state index is 13.6. The first-order valence-electron chi connectivity index (χ1n) is 6.94. The van der Waals surface area contributed by atoms with Crippen molar-refractivity contribution in [3.63, 3.8) is 0 Å². The van der Waals surface area contributed by atoms with Gasteiger partial charge in [-0.1, -0.05) is 0 Å². The third-order valence-corrected chi connectivity index (χ3v) is 3.30. The molecule has 122 valence electrons. The van der Waals surface area contributed by atoms with Crippen LogP contribution in [0.3, 0.4) is 0 Å². The molecule has 0 bridgehead atoms. The Kier molecular flexibility index (Phi) is 4.90. The SMILES string of the molecule is CC(=O)Nc1cc(C(=O)[C@@H](C#N)C(=O)c2occc2C)ccc1F. The van der Waals surface area contributed by atoms with Crippen molar-refractivity contribution in [2.75, 3.05) is 5.32 Å². The Hall–Kier alpha value is -3.27. The van der Waals surface area contributed by atoms with Gasteiger partial charge in [-0.15, -0.1) is 0 Å². The highest BCUT2D eigenvalue weighted by atomic mass is 19.1. The Balaban J connectivity index is 2.36. The second kappa shape index (κ2) is 6.87. The highest BCUT2D eigenvalue weighted by Crippen LogP contribution is 2.22. The van der Waals surface area contributed by atoms with Gasteiger partial charge >= 0.3 is 0 Å². The molecule has 2 rings (SSSR count). The largest absolute Gasteiger partial charge is 0.461 e. The van der Waals surface area contributed by atoms with Gasteiger partial charge in [0.25, 0.3) is 0 Å². The number of halogens is 1. The molecule has 0 aliphatic carbocycles. The lowest BCUT2D eigenvalue weighted by Crippen LogP contribution is -2.23. The van der Waals surface area contributed by atoms with Gasteiger partial charge in [-0.25, -0.2) is 4.39 Å². The van der Waals surface area contributed by atoms with E-state index >= 15 is 0 Å². The molecule has 0 spiro atoms. The summed E-state index contributed by atoms with van der Waals surface area (Å²) in [5.74, 6) is -4.51. The van der Waals surface area contributed by atoms with E-state index in [4.69, 9.17) is 4.42 Å². The van der Waals surface area contributed by atoms with Crippen molar-refractivity contribution in [2.24, 2.45) is 5.92 Å². The molecule has 0 aliphatic rings. The predicted molar refractivity (Wildman–Crippen MR) is 81.9 cm³/mol. The van der Waals surface area contributed by atoms with Gasteiger partial charge in [0.1, 0.15) is 5.82 Å². The summed E-state index contributed by atoms with van der Waals surface area (Å²) >= 11 is 0. The number of carbonyl (C=O) groups excluding carboxylic acids is 3. The van der Waals surface area contributed by atoms with Gasteiger partial charge in [-0.05, 0) is 36.8 Å². The highest BCUT2D eigenvalue weighted by Gasteiger charge is 2.31. The number of aryl methyl sites for hydroxylation is 1. The van der Waals surface area contributed by atoms with Crippen LogP contribution in [0.2, 0.25) is 0 Å². The molecule has 1 atom stereocenters. The van der Waals surface area contributed by atoms with E-state index in [0.717, 1.165) is 18.2 Å². The molecule has 0 aliphatic heterocycles. The number of carbonyl (C=O) groups is 3. The molecule has 0 saturated heterocycles. The fourth-order valence-electron chi connectivity index (χ4n) is 2.12. The second-order valence-electron chi connectivity index (χ2n) is 5.10. The number of amides is 1. The lowest BCUT2D eigenvalue weighted by atomic mass is 9.92. The lowest BCUT2D eigenvalue weighted by Gasteiger charge is -2.09. The van der Waals surface area contributed by atoms with E-state index in [2.05, 4.69) is 5.32 Å². The Morgan fingerprint density at radius 3 is 2.50 bits per heavy atom. The molecule has 0 unspecified atom stereocenters. The van der Waals surface area contributed by atoms with E-state index in [1.54, 1.807) is 19.1 Å². The van der Waals surface area contributed by atoms with E-state index < -0.39 is 29.2 Å². The van der Waals surface area contributed by atoms with Crippen molar-refractivity contribution >= 4 is 23.2 Å². The van der Waals surface area contributed by atoms with E-state index in [-0.39, 0.29) is 17.0 Å². The number of furan rings is 1. The van der Waals surface area contributed by atoms with Crippen LogP contribution in [0.25, 0.3) is 0 Å². The number of hydrogen-bond donors (Lipinski definition) is 1. The zero-order valence-corrected chi connectivity index (χ0v) is 12.9. The van der Waals surface area contributed by atoms with Crippen LogP contribution in [0, 0.1) is 30.0 Å². The fourth-order valence-corrected chi connectivity index (χ4v) is 2.12. The average molecular weight is 328 g/mol. The number of nitrogens with one attached hydrogen (secondary N) is 1. The Bertz CT molecular complexity index is 864. The summed E-state index contributed by atoms with van der Waals surface area (Å²) in [5, 5.41) is 11.4. The van der Waals surface area contributed by atoms with Gasteiger partial charge < -0.3 is 9.73 Å². The third kappa shape index (κ3) is 3.38. The number of nitrogens with zero attached hydrogens (tertiary/aromatic N) is 1. The Morgan fingerprint density at radius 1 is 1.25 bits per heavy atom. The minimum absolute atomic E-state index is 0.0655. The Labute approximate surface area is 136 Å². The van der Waals surface area contributed by atoms with Gasteiger partial charge in [-0.2, -0.15) is 5.26 Å². The summed E-state index contributed by atoms with van der Waals surface area (Å²) in [7, 11) is 0. The maximum Gasteiger partial charge on any atom is 0.223 e. The molecule has 1 N–H and O–H groups in total. The van der Waals surface area contributed by atoms with Gasteiger partial charge in [0.05, 0.1) is 18.0 Å². The van der Waals surface area contributed by atoms with Crippen LogP contribution in [0.5, 0.6) is 0 Å². The number of hydrogen-bond acceptors (Lipinski definition) is 5. The molecule has 1 aromatic heterocycles. The molecule has 0 fully saturated rings. The second-order valence-corrected chi connectivity index (χ2v) is 5.10. The van der Waals surface area contributed by atoms with Gasteiger partial charge in [-0.3, -0.25) is 14.4 Å². The zero-order chi connectivity index (χ0) is 17.9. The van der Waals surface area contributed by atoms with Crippen molar-refractivity contribution < 1.29 is 23.2 Å². The minimum atomic E-state index is -1.62. The van der Waals surface area contributed by atoms with Crippen LogP contribution < -0.4 is 5.32 Å². The molecule has 7 heteroatoms. The smallest absolute Gasteiger partial charge is 0.223 e. The first-order chi connectivity index (χ1) is 11.3. The van der Waals surface area contributed by atoms with Crippen LogP contribution >= 0.6 is 0 Å². The molecular weight excluding hydrogens is 315 g/mol. The summed E-state index contributed by atoms with van der Waals surface area (Å²) in [6, 6.07) is 6.41. The van der Waals surface area contributed by atoms with Gasteiger partial charge in [0.2, 0.25) is 11.7 Å². The maximum atomic E-state index is 13.6. The molecule has 0 saturated carbocycles. The van der Waals surface area contributed by atoms with E-state index in [1.807, 2.05) is 0 Å². The highest BCUT2D eigenvalue weighted by molar-refractivity contribution is 6.17. The Morgan fingerprint density at radius 2 is 1.96 bits per heavy atom. The zero-order valence-electron chi connectivity index (χ0n) is 12.9. The van der Waals surface area contributed by atoms with Crippen LogP contribution in [0.15, 0.2) is 34.9 Å². The normalized spacial score (nSPS) is 11.4. The molecule has 1 amide bonds. The van der Waals surface area contributed by atoms with Crippen molar-refractivity contribution in [3.05, 3.63) is 53.2 Å². The number of rotatable bonds is 5. The fraction of sp³-hybridized carbons (Fsp3) is 0.176.